The van der Waals surface area contributed by atoms with Crippen molar-refractivity contribution in [3.05, 3.63) is 72.3 Å². The largest absolute Gasteiger partial charge is 0.493 e. The summed E-state index contributed by atoms with van der Waals surface area (Å²) >= 11 is 0. The third-order valence-electron chi connectivity index (χ3n) is 7.26. The number of aromatic nitrogens is 2. The molecule has 0 saturated heterocycles. The Morgan fingerprint density at radius 2 is 1.57 bits per heavy atom. The van der Waals surface area contributed by atoms with Crippen LogP contribution in [0.3, 0.4) is 0 Å². The Kier molecular flexibility index (Phi) is 14.6. The number of rotatable bonds is 11. The second-order valence-electron chi connectivity index (χ2n) is 10.4. The first-order chi connectivity index (χ1) is 18.8. The van der Waals surface area contributed by atoms with Gasteiger partial charge in [-0.15, -0.1) is 37.2 Å². The second kappa shape index (κ2) is 16.5. The van der Waals surface area contributed by atoms with Crippen LogP contribution in [0, 0.1) is 5.41 Å². The van der Waals surface area contributed by atoms with E-state index >= 15 is 0 Å². The number of amides is 2. The van der Waals surface area contributed by atoms with Crippen LogP contribution in [0.2, 0.25) is 0 Å². The maximum atomic E-state index is 13.3. The minimum atomic E-state index is -1.12. The van der Waals surface area contributed by atoms with Crippen LogP contribution in [0.5, 0.6) is 5.75 Å². The zero-order valence-electron chi connectivity index (χ0n) is 24.9. The third kappa shape index (κ3) is 8.27. The number of benzene rings is 1. The highest BCUT2D eigenvalue weighted by molar-refractivity contribution is 6.20. The van der Waals surface area contributed by atoms with Crippen LogP contribution in [-0.4, -0.2) is 55.1 Å². The van der Waals surface area contributed by atoms with Gasteiger partial charge < -0.3 is 19.4 Å². The van der Waals surface area contributed by atoms with Crippen LogP contribution in [0.4, 0.5) is 17.1 Å². The number of ether oxygens (including phenoxy) is 1. The Morgan fingerprint density at radius 3 is 2.21 bits per heavy atom. The van der Waals surface area contributed by atoms with Crippen LogP contribution in [0.15, 0.2) is 61.1 Å². The summed E-state index contributed by atoms with van der Waals surface area (Å²) in [4.78, 5) is 40.8. The van der Waals surface area contributed by atoms with Gasteiger partial charge in [-0.25, -0.2) is 0 Å². The van der Waals surface area contributed by atoms with Crippen molar-refractivity contribution in [2.24, 2.45) is 5.41 Å². The van der Waals surface area contributed by atoms with Crippen LogP contribution in [0.1, 0.15) is 45.4 Å². The summed E-state index contributed by atoms with van der Waals surface area (Å²) in [6, 6.07) is 13.9. The van der Waals surface area contributed by atoms with Gasteiger partial charge in [0, 0.05) is 62.7 Å². The van der Waals surface area contributed by atoms with E-state index in [4.69, 9.17) is 4.74 Å². The average Bonchev–Trinajstić information content (AvgIpc) is 3.01. The van der Waals surface area contributed by atoms with E-state index in [1.165, 1.54) is 5.56 Å². The highest BCUT2D eigenvalue weighted by atomic mass is 35.5. The lowest BCUT2D eigenvalue weighted by atomic mass is 9.90. The van der Waals surface area contributed by atoms with Gasteiger partial charge in [-0.2, -0.15) is 0 Å². The minimum absolute atomic E-state index is 0. The molecule has 0 aliphatic carbocycles. The summed E-state index contributed by atoms with van der Waals surface area (Å²) in [7, 11) is 2.07. The molecule has 3 heterocycles. The van der Waals surface area contributed by atoms with Crippen molar-refractivity contribution in [1.82, 2.24) is 9.97 Å². The van der Waals surface area contributed by atoms with Gasteiger partial charge in [0.15, 0.2) is 0 Å². The summed E-state index contributed by atoms with van der Waals surface area (Å²) in [5.41, 5.74) is 3.72. The molecule has 1 aliphatic rings. The fraction of sp³-hybridized carbons (Fsp3) is 0.419. The molecule has 1 aromatic carbocycles. The number of carbonyl (C=O) groups is 2. The Labute approximate surface area is 268 Å². The summed E-state index contributed by atoms with van der Waals surface area (Å²) < 4.78 is 6.10. The summed E-state index contributed by atoms with van der Waals surface area (Å²) in [6.07, 6.45) is 8.15. The Bertz CT molecular complexity index is 1310. The van der Waals surface area contributed by atoms with Gasteiger partial charge in [-0.1, -0.05) is 6.07 Å². The van der Waals surface area contributed by atoms with E-state index in [-0.39, 0.29) is 49.0 Å². The number of nitrogens with zero attached hydrogens (tertiary/aromatic N) is 5. The van der Waals surface area contributed by atoms with Crippen LogP contribution >= 0.6 is 37.2 Å². The molecule has 42 heavy (non-hydrogen) atoms. The normalized spacial score (nSPS) is 13.6. The highest BCUT2D eigenvalue weighted by Crippen LogP contribution is 2.40. The molecule has 8 nitrogen and oxygen atoms in total. The summed E-state index contributed by atoms with van der Waals surface area (Å²) in [5, 5.41) is 0. The van der Waals surface area contributed by atoms with Crippen molar-refractivity contribution < 1.29 is 14.3 Å². The monoisotopic (exact) mass is 637 g/mol. The van der Waals surface area contributed by atoms with Crippen molar-refractivity contribution in [3.8, 4) is 5.75 Å². The number of fused-ring (bicyclic) bond motifs is 1. The molecule has 4 rings (SSSR count). The van der Waals surface area contributed by atoms with Crippen molar-refractivity contribution >= 4 is 66.1 Å². The molecule has 11 heteroatoms. The minimum Gasteiger partial charge on any atom is -0.493 e. The average molecular weight is 639 g/mol. The molecular weight excluding hydrogens is 597 g/mol. The summed E-state index contributed by atoms with van der Waals surface area (Å²) in [5.74, 6) is 0.316. The topological polar surface area (TPSA) is 78.9 Å². The van der Waals surface area contributed by atoms with Crippen molar-refractivity contribution in [1.29, 1.82) is 0 Å². The lowest BCUT2D eigenvalue weighted by Gasteiger charge is -2.27. The number of halogens is 3. The van der Waals surface area contributed by atoms with Gasteiger partial charge in [-0.3, -0.25) is 19.6 Å². The number of carbonyl (C=O) groups excluding carboxylic acids is 2. The van der Waals surface area contributed by atoms with Gasteiger partial charge in [0.25, 0.3) is 0 Å². The standard InChI is InChI=1S/C31H39N5O3.3ClH/c1-6-35-27-14-13-26(21-28(27)36(7-2)30(38)31(3,4)29(35)37)39-19-9-18-34(5)25-15-17-33-24(20-25)12-11-23-10-8-16-32-22-23;;;/h8,10,13-17,20-22H,6-7,9,11-12,18-19H2,1-5H3;3*1H. The van der Waals surface area contributed by atoms with Crippen LogP contribution in [-0.2, 0) is 22.4 Å². The zero-order chi connectivity index (χ0) is 28.0. The predicted molar refractivity (Wildman–Crippen MR) is 177 cm³/mol. The Balaban J connectivity index is 0.00000294. The predicted octanol–water partition coefficient (Wildman–Crippen LogP) is 6.18. The first kappa shape index (κ1) is 37.0. The maximum Gasteiger partial charge on any atom is 0.242 e. The van der Waals surface area contributed by atoms with E-state index in [0.717, 1.165) is 42.9 Å². The molecule has 0 spiro atoms. The van der Waals surface area contributed by atoms with Crippen LogP contribution < -0.4 is 19.4 Å². The van der Waals surface area contributed by atoms with Gasteiger partial charge >= 0.3 is 0 Å². The first-order valence-corrected chi connectivity index (χ1v) is 13.7. The Hall–Kier alpha value is -3.07. The Morgan fingerprint density at radius 1 is 0.881 bits per heavy atom. The molecular formula is C31H42Cl3N5O3. The molecule has 2 aromatic heterocycles. The smallest absolute Gasteiger partial charge is 0.242 e. The molecule has 0 radical (unpaired) electrons. The fourth-order valence-electron chi connectivity index (χ4n) is 4.93. The number of hydrogen-bond acceptors (Lipinski definition) is 6. The van der Waals surface area contributed by atoms with Gasteiger partial charge in [0.2, 0.25) is 11.8 Å². The van der Waals surface area contributed by atoms with Gasteiger partial charge in [-0.05, 0) is 82.9 Å². The van der Waals surface area contributed by atoms with Crippen molar-refractivity contribution in [2.45, 2.75) is 47.0 Å². The van der Waals surface area contributed by atoms with E-state index in [2.05, 4.69) is 34.0 Å². The lowest BCUT2D eigenvalue weighted by molar-refractivity contribution is -0.137. The molecule has 3 aromatic rings. The van der Waals surface area contributed by atoms with Gasteiger partial charge in [0.05, 0.1) is 18.0 Å². The van der Waals surface area contributed by atoms with Crippen molar-refractivity contribution in [3.63, 3.8) is 0 Å². The molecule has 1 aliphatic heterocycles. The van der Waals surface area contributed by atoms with Crippen LogP contribution in [0.25, 0.3) is 0 Å². The second-order valence-corrected chi connectivity index (χ2v) is 10.4. The molecule has 2 amide bonds. The number of hydrogen-bond donors (Lipinski definition) is 0. The highest BCUT2D eigenvalue weighted by Gasteiger charge is 2.45. The van der Waals surface area contributed by atoms with E-state index in [0.29, 0.717) is 31.1 Å². The molecule has 0 bridgehead atoms. The lowest BCUT2D eigenvalue weighted by Crippen LogP contribution is -2.48. The first-order valence-electron chi connectivity index (χ1n) is 13.7. The fourth-order valence-corrected chi connectivity index (χ4v) is 4.93. The molecule has 0 fully saturated rings. The van der Waals surface area contributed by atoms with E-state index < -0.39 is 5.41 Å². The van der Waals surface area contributed by atoms with Gasteiger partial charge in [0.1, 0.15) is 11.2 Å². The van der Waals surface area contributed by atoms with E-state index in [1.807, 2.05) is 56.6 Å². The molecule has 0 atom stereocenters. The molecule has 0 N–H and O–H groups in total. The SMILES string of the molecule is CCN1C(=O)C(C)(C)C(=O)N(CC)c2cc(OCCCN(C)c3ccnc(CCc4cccnc4)c3)ccc21.Cl.Cl.Cl. The van der Waals surface area contributed by atoms with E-state index in [1.54, 1.807) is 29.8 Å². The van der Waals surface area contributed by atoms with Crippen molar-refractivity contribution in [2.75, 3.05) is 48.0 Å². The quantitative estimate of drug-likeness (QED) is 0.184. The number of anilines is 3. The zero-order valence-corrected chi connectivity index (χ0v) is 27.4. The molecule has 0 unspecified atom stereocenters. The van der Waals surface area contributed by atoms with E-state index in [9.17, 15) is 9.59 Å². The molecule has 230 valence electrons. The molecule has 0 saturated carbocycles. The summed E-state index contributed by atoms with van der Waals surface area (Å²) in [6.45, 7) is 9.59. The number of aryl methyl sites for hydroxylation is 2. The third-order valence-corrected chi connectivity index (χ3v) is 7.26. The maximum absolute atomic E-state index is 13.3. The number of pyridine rings is 2.